The molecule has 1 aliphatic carbocycles. The zero-order chi connectivity index (χ0) is 15.3. The molecule has 1 aliphatic rings. The molecule has 0 saturated heterocycles. The average molecular weight is 305 g/mol. The van der Waals surface area contributed by atoms with Gasteiger partial charge in [-0.3, -0.25) is 0 Å². The van der Waals surface area contributed by atoms with Crippen LogP contribution >= 0.6 is 0 Å². The number of nitrogens with one attached hydrogen (secondary N) is 1. The van der Waals surface area contributed by atoms with Gasteiger partial charge in [0.2, 0.25) is 10.0 Å². The minimum absolute atomic E-state index is 0.0168. The van der Waals surface area contributed by atoms with Crippen molar-refractivity contribution in [2.45, 2.75) is 37.0 Å². The molecule has 112 valence electrons. The maximum Gasteiger partial charge on any atom is 0.241 e. The van der Waals surface area contributed by atoms with Crippen LogP contribution in [0.5, 0.6) is 0 Å². The molecule has 0 spiro atoms. The number of hydrogen-bond donors (Lipinski definition) is 2. The molecule has 0 aromatic heterocycles. The van der Waals surface area contributed by atoms with Crippen molar-refractivity contribution in [1.82, 2.24) is 4.72 Å². The van der Waals surface area contributed by atoms with Crippen molar-refractivity contribution in [3.8, 4) is 6.07 Å². The van der Waals surface area contributed by atoms with E-state index in [1.807, 2.05) is 6.07 Å². The number of hydrogen-bond acceptors (Lipinski definition) is 4. The molecule has 0 saturated carbocycles. The molecule has 0 fully saturated rings. The highest BCUT2D eigenvalue weighted by Gasteiger charge is 2.18. The van der Waals surface area contributed by atoms with Crippen molar-refractivity contribution in [2.24, 2.45) is 0 Å². The van der Waals surface area contributed by atoms with Crippen molar-refractivity contribution in [3.63, 3.8) is 0 Å². The van der Waals surface area contributed by atoms with Crippen LogP contribution in [0, 0.1) is 11.3 Å². The Kier molecular flexibility index (Phi) is 4.99. The fourth-order valence-electron chi connectivity index (χ4n) is 2.42. The summed E-state index contributed by atoms with van der Waals surface area (Å²) >= 11 is 0. The van der Waals surface area contributed by atoms with Gasteiger partial charge in [-0.25, -0.2) is 13.1 Å². The van der Waals surface area contributed by atoms with E-state index in [9.17, 15) is 8.42 Å². The Hall–Kier alpha value is -1.84. The number of benzene rings is 1. The second kappa shape index (κ2) is 6.74. The summed E-state index contributed by atoms with van der Waals surface area (Å²) in [6, 6.07) is 6.10. The van der Waals surface area contributed by atoms with E-state index in [4.69, 9.17) is 11.0 Å². The molecule has 0 heterocycles. The molecule has 6 heteroatoms. The van der Waals surface area contributed by atoms with Gasteiger partial charge in [-0.15, -0.1) is 0 Å². The summed E-state index contributed by atoms with van der Waals surface area (Å²) in [5.74, 6) is 0. The summed E-state index contributed by atoms with van der Waals surface area (Å²) in [5, 5.41) is 9.03. The molecule has 1 aromatic rings. The maximum atomic E-state index is 12.2. The largest absolute Gasteiger partial charge is 0.399 e. The minimum Gasteiger partial charge on any atom is -0.399 e. The fraction of sp³-hybridized carbons (Fsp3) is 0.400. The lowest BCUT2D eigenvalue weighted by molar-refractivity contribution is 0.579. The smallest absolute Gasteiger partial charge is 0.241 e. The maximum absolute atomic E-state index is 12.2. The Morgan fingerprint density at radius 3 is 2.81 bits per heavy atom. The van der Waals surface area contributed by atoms with E-state index < -0.39 is 10.0 Å². The zero-order valence-electron chi connectivity index (χ0n) is 11.8. The van der Waals surface area contributed by atoms with Crippen molar-refractivity contribution >= 4 is 15.7 Å². The normalized spacial score (nSPS) is 15.3. The van der Waals surface area contributed by atoms with Crippen LogP contribution in [0.3, 0.4) is 0 Å². The molecule has 1 aromatic carbocycles. The number of nitrogens with two attached hydrogens (primary N) is 1. The molecular formula is C15H19N3O2S. The molecule has 0 aliphatic heterocycles. The third kappa shape index (κ3) is 4.06. The van der Waals surface area contributed by atoms with Gasteiger partial charge in [-0.05, 0) is 50.3 Å². The van der Waals surface area contributed by atoms with Gasteiger partial charge in [-0.1, -0.05) is 11.6 Å². The van der Waals surface area contributed by atoms with Gasteiger partial charge < -0.3 is 5.73 Å². The van der Waals surface area contributed by atoms with Crippen LogP contribution in [0.4, 0.5) is 5.69 Å². The molecule has 0 unspecified atom stereocenters. The molecule has 5 nitrogen and oxygen atoms in total. The predicted octanol–water partition coefficient (Wildman–Crippen LogP) is 2.31. The third-order valence-electron chi connectivity index (χ3n) is 3.54. The number of anilines is 1. The Balaban J connectivity index is 2.05. The molecule has 2 rings (SSSR count). The Bertz CT molecular complexity index is 687. The molecular weight excluding hydrogens is 286 g/mol. The van der Waals surface area contributed by atoms with E-state index in [-0.39, 0.29) is 10.5 Å². The quantitative estimate of drug-likeness (QED) is 0.644. The summed E-state index contributed by atoms with van der Waals surface area (Å²) in [5.41, 5.74) is 7.32. The van der Waals surface area contributed by atoms with Crippen LogP contribution < -0.4 is 10.5 Å². The lowest BCUT2D eigenvalue weighted by Crippen LogP contribution is -2.26. The van der Waals surface area contributed by atoms with Crippen LogP contribution in [-0.2, 0) is 10.0 Å². The molecule has 3 N–H and O–H groups in total. The highest BCUT2D eigenvalue weighted by Crippen LogP contribution is 2.21. The van der Waals surface area contributed by atoms with Gasteiger partial charge in [0, 0.05) is 12.2 Å². The lowest BCUT2D eigenvalue weighted by Gasteiger charge is -2.13. The Morgan fingerprint density at radius 1 is 1.33 bits per heavy atom. The molecule has 0 atom stereocenters. The Labute approximate surface area is 125 Å². The van der Waals surface area contributed by atoms with Crippen molar-refractivity contribution in [3.05, 3.63) is 35.4 Å². The van der Waals surface area contributed by atoms with Gasteiger partial charge in [-0.2, -0.15) is 5.26 Å². The van der Waals surface area contributed by atoms with E-state index in [1.165, 1.54) is 36.6 Å². The fourth-order valence-corrected chi connectivity index (χ4v) is 3.59. The van der Waals surface area contributed by atoms with Crippen molar-refractivity contribution < 1.29 is 8.42 Å². The van der Waals surface area contributed by atoms with Gasteiger partial charge in [0.1, 0.15) is 6.07 Å². The first-order valence-corrected chi connectivity index (χ1v) is 8.48. The number of nitrogens with zero attached hydrogens (tertiary/aromatic N) is 1. The standard InChI is InChI=1S/C15H19N3O2S/c16-11-13-10-14(17)6-7-15(13)21(19,20)18-9-8-12-4-2-1-3-5-12/h4,6-7,10,18H,1-3,5,8-9,17H2. The summed E-state index contributed by atoms with van der Waals surface area (Å²) in [7, 11) is -3.68. The number of rotatable bonds is 5. The third-order valence-corrected chi connectivity index (χ3v) is 5.06. The summed E-state index contributed by atoms with van der Waals surface area (Å²) < 4.78 is 27.0. The second-order valence-electron chi connectivity index (χ2n) is 5.12. The van der Waals surface area contributed by atoms with E-state index in [0.29, 0.717) is 12.2 Å². The molecule has 0 bridgehead atoms. The van der Waals surface area contributed by atoms with Crippen LogP contribution in [0.15, 0.2) is 34.7 Å². The van der Waals surface area contributed by atoms with Crippen LogP contribution in [0.2, 0.25) is 0 Å². The van der Waals surface area contributed by atoms with Gasteiger partial charge in [0.25, 0.3) is 0 Å². The first kappa shape index (κ1) is 15.5. The molecule has 21 heavy (non-hydrogen) atoms. The van der Waals surface area contributed by atoms with Crippen molar-refractivity contribution in [1.29, 1.82) is 5.26 Å². The van der Waals surface area contributed by atoms with Crippen LogP contribution in [-0.4, -0.2) is 15.0 Å². The van der Waals surface area contributed by atoms with Gasteiger partial charge >= 0.3 is 0 Å². The average Bonchev–Trinajstić information content (AvgIpc) is 2.47. The lowest BCUT2D eigenvalue weighted by atomic mass is 9.97. The van der Waals surface area contributed by atoms with Crippen LogP contribution in [0.1, 0.15) is 37.7 Å². The van der Waals surface area contributed by atoms with Crippen LogP contribution in [0.25, 0.3) is 0 Å². The Morgan fingerprint density at radius 2 is 2.14 bits per heavy atom. The summed E-state index contributed by atoms with van der Waals surface area (Å²) in [6.07, 6.45) is 7.44. The SMILES string of the molecule is N#Cc1cc(N)ccc1S(=O)(=O)NCCC1=CCCCC1. The number of nitrogen functional groups attached to an aromatic ring is 1. The highest BCUT2D eigenvalue weighted by molar-refractivity contribution is 7.89. The zero-order valence-corrected chi connectivity index (χ0v) is 12.6. The molecule has 0 amide bonds. The first-order valence-electron chi connectivity index (χ1n) is 7.00. The second-order valence-corrected chi connectivity index (χ2v) is 6.86. The first-order chi connectivity index (χ1) is 10.0. The number of nitriles is 1. The van der Waals surface area contributed by atoms with E-state index in [2.05, 4.69) is 10.8 Å². The summed E-state index contributed by atoms with van der Waals surface area (Å²) in [6.45, 7) is 0.351. The summed E-state index contributed by atoms with van der Waals surface area (Å²) in [4.78, 5) is -0.0168. The number of allylic oxidation sites excluding steroid dienone is 1. The monoisotopic (exact) mass is 305 g/mol. The number of sulfonamides is 1. The van der Waals surface area contributed by atoms with Gasteiger partial charge in [0.05, 0.1) is 10.5 Å². The van der Waals surface area contributed by atoms with Gasteiger partial charge in [0.15, 0.2) is 0 Å². The topological polar surface area (TPSA) is 96.0 Å². The molecule has 0 radical (unpaired) electrons. The minimum atomic E-state index is -3.68. The van der Waals surface area contributed by atoms with E-state index in [0.717, 1.165) is 19.3 Å². The predicted molar refractivity (Wildman–Crippen MR) is 81.9 cm³/mol. The highest BCUT2D eigenvalue weighted by atomic mass is 32.2. The van der Waals surface area contributed by atoms with E-state index >= 15 is 0 Å². The van der Waals surface area contributed by atoms with Crippen molar-refractivity contribution in [2.75, 3.05) is 12.3 Å². The van der Waals surface area contributed by atoms with E-state index in [1.54, 1.807) is 0 Å².